The summed E-state index contributed by atoms with van der Waals surface area (Å²) in [6.45, 7) is 0. The average molecular weight is 392 g/mol. The summed E-state index contributed by atoms with van der Waals surface area (Å²) in [5.41, 5.74) is 11.1. The number of rotatable bonds is 4. The van der Waals surface area contributed by atoms with Gasteiger partial charge in [-0.1, -0.05) is 41.6 Å². The first-order valence-corrected chi connectivity index (χ1v) is 9.18. The summed E-state index contributed by atoms with van der Waals surface area (Å²) in [7, 11) is 0. The van der Waals surface area contributed by atoms with Gasteiger partial charge in [-0.25, -0.2) is 0 Å². The molecule has 0 radical (unpaired) electrons. The molecule has 8 nitrogen and oxygen atoms in total. The number of nitrogens with zero attached hydrogens (tertiary/aromatic N) is 5. The van der Waals surface area contributed by atoms with E-state index in [1.54, 1.807) is 0 Å². The standard InChI is InChI=1S/C14H10ClN7OS2/c15-9-6-3-1-2-4-7(6)25-10(9)11-21-22-14(23-11)24-5-8-18-12(16)20-13(17)19-8/h1-4H,5H2,(H4,16,17,18,19,20). The van der Waals surface area contributed by atoms with Gasteiger partial charge in [0.1, 0.15) is 10.7 Å². The lowest BCUT2D eigenvalue weighted by Crippen LogP contribution is -2.05. The van der Waals surface area contributed by atoms with Crippen LogP contribution < -0.4 is 11.5 Å². The molecule has 4 aromatic rings. The second-order valence-corrected chi connectivity index (χ2v) is 7.23. The highest BCUT2D eigenvalue weighted by Crippen LogP contribution is 2.41. The lowest BCUT2D eigenvalue weighted by atomic mass is 10.2. The molecule has 0 aliphatic rings. The predicted octanol–water partition coefficient (Wildman–Crippen LogP) is 3.25. The van der Waals surface area contributed by atoms with Gasteiger partial charge in [-0.3, -0.25) is 0 Å². The number of nitrogen functional groups attached to an aromatic ring is 2. The lowest BCUT2D eigenvalue weighted by Gasteiger charge is -1.99. The summed E-state index contributed by atoms with van der Waals surface area (Å²) in [4.78, 5) is 12.5. The first-order valence-electron chi connectivity index (χ1n) is 7.00. The van der Waals surface area contributed by atoms with Gasteiger partial charge in [0, 0.05) is 10.1 Å². The number of nitrogens with two attached hydrogens (primary N) is 2. The topological polar surface area (TPSA) is 130 Å². The summed E-state index contributed by atoms with van der Waals surface area (Å²) in [5, 5.41) is 10.1. The molecule has 0 atom stereocenters. The minimum atomic E-state index is 0.0753. The van der Waals surface area contributed by atoms with Crippen LogP contribution in [0.3, 0.4) is 0 Å². The number of halogens is 1. The zero-order chi connectivity index (χ0) is 17.4. The monoisotopic (exact) mass is 391 g/mol. The molecule has 11 heteroatoms. The maximum atomic E-state index is 6.43. The molecule has 0 fully saturated rings. The van der Waals surface area contributed by atoms with Crippen molar-refractivity contribution in [3.05, 3.63) is 35.1 Å². The highest BCUT2D eigenvalue weighted by Gasteiger charge is 2.18. The van der Waals surface area contributed by atoms with Crippen molar-refractivity contribution in [2.45, 2.75) is 11.0 Å². The fraction of sp³-hybridized carbons (Fsp3) is 0.0714. The van der Waals surface area contributed by atoms with E-state index in [4.69, 9.17) is 27.5 Å². The molecule has 4 rings (SSSR count). The van der Waals surface area contributed by atoms with Crippen molar-refractivity contribution >= 4 is 56.7 Å². The van der Waals surface area contributed by atoms with Crippen molar-refractivity contribution in [3.63, 3.8) is 0 Å². The van der Waals surface area contributed by atoms with Crippen LogP contribution in [0.4, 0.5) is 11.9 Å². The minimum absolute atomic E-state index is 0.0753. The SMILES string of the molecule is Nc1nc(N)nc(CSc2nnc(-c3sc4ccccc4c3Cl)o2)n1. The van der Waals surface area contributed by atoms with Gasteiger partial charge >= 0.3 is 0 Å². The van der Waals surface area contributed by atoms with Crippen LogP contribution in [0.25, 0.3) is 20.9 Å². The molecule has 0 bridgehead atoms. The van der Waals surface area contributed by atoms with E-state index in [1.807, 2.05) is 24.3 Å². The lowest BCUT2D eigenvalue weighted by molar-refractivity contribution is 0.466. The highest BCUT2D eigenvalue weighted by molar-refractivity contribution is 7.98. The van der Waals surface area contributed by atoms with Crippen LogP contribution in [-0.4, -0.2) is 25.1 Å². The third kappa shape index (κ3) is 3.23. The van der Waals surface area contributed by atoms with Crippen molar-refractivity contribution in [2.24, 2.45) is 0 Å². The summed E-state index contributed by atoms with van der Waals surface area (Å²) < 4.78 is 6.76. The normalized spacial score (nSPS) is 11.2. The molecule has 25 heavy (non-hydrogen) atoms. The van der Waals surface area contributed by atoms with E-state index in [1.165, 1.54) is 23.1 Å². The minimum Gasteiger partial charge on any atom is -0.410 e. The fourth-order valence-electron chi connectivity index (χ4n) is 2.16. The van der Waals surface area contributed by atoms with E-state index < -0.39 is 0 Å². The molecule has 0 aliphatic heterocycles. The van der Waals surface area contributed by atoms with Crippen LogP contribution in [0.15, 0.2) is 33.9 Å². The van der Waals surface area contributed by atoms with Crippen molar-refractivity contribution in [1.29, 1.82) is 0 Å². The number of benzene rings is 1. The number of thioether (sulfide) groups is 1. The predicted molar refractivity (Wildman–Crippen MR) is 98.3 cm³/mol. The first kappa shape index (κ1) is 16.1. The summed E-state index contributed by atoms with van der Waals surface area (Å²) in [6.07, 6.45) is 0. The van der Waals surface area contributed by atoms with Crippen molar-refractivity contribution in [1.82, 2.24) is 25.1 Å². The number of aromatic nitrogens is 5. The maximum absolute atomic E-state index is 6.43. The molecule has 3 heterocycles. The largest absolute Gasteiger partial charge is 0.410 e. The summed E-state index contributed by atoms with van der Waals surface area (Å²) >= 11 is 9.21. The first-order chi connectivity index (χ1) is 12.1. The molecule has 0 spiro atoms. The number of fused-ring (bicyclic) bond motifs is 1. The van der Waals surface area contributed by atoms with Gasteiger partial charge in [-0.05, 0) is 6.07 Å². The van der Waals surface area contributed by atoms with E-state index in [9.17, 15) is 0 Å². The highest BCUT2D eigenvalue weighted by atomic mass is 35.5. The van der Waals surface area contributed by atoms with Gasteiger partial charge in [0.2, 0.25) is 11.9 Å². The van der Waals surface area contributed by atoms with Gasteiger partial charge in [-0.15, -0.1) is 21.5 Å². The van der Waals surface area contributed by atoms with E-state index in [-0.39, 0.29) is 11.9 Å². The molecule has 126 valence electrons. The molecular weight excluding hydrogens is 382 g/mol. The summed E-state index contributed by atoms with van der Waals surface area (Å²) in [5.74, 6) is 1.34. The fourth-order valence-corrected chi connectivity index (χ4v) is 4.21. The zero-order valence-corrected chi connectivity index (χ0v) is 14.9. The average Bonchev–Trinajstić information content (AvgIpc) is 3.17. The van der Waals surface area contributed by atoms with Crippen molar-refractivity contribution in [2.75, 3.05) is 11.5 Å². The van der Waals surface area contributed by atoms with Crippen LogP contribution in [0.1, 0.15) is 5.82 Å². The van der Waals surface area contributed by atoms with Crippen LogP contribution in [0.5, 0.6) is 0 Å². The number of hydrogen-bond donors (Lipinski definition) is 2. The Balaban J connectivity index is 1.56. The maximum Gasteiger partial charge on any atom is 0.277 e. The molecule has 0 saturated carbocycles. The van der Waals surface area contributed by atoms with Crippen LogP contribution in [0, 0.1) is 0 Å². The van der Waals surface area contributed by atoms with Crippen molar-refractivity contribution in [3.8, 4) is 10.8 Å². The number of thiophene rings is 1. The zero-order valence-electron chi connectivity index (χ0n) is 12.5. The van der Waals surface area contributed by atoms with Gasteiger partial charge in [0.05, 0.1) is 10.8 Å². The molecule has 0 aliphatic carbocycles. The van der Waals surface area contributed by atoms with E-state index in [2.05, 4.69) is 25.1 Å². The number of hydrogen-bond acceptors (Lipinski definition) is 10. The Morgan fingerprint density at radius 1 is 1.08 bits per heavy atom. The Labute approximate surface area is 154 Å². The van der Waals surface area contributed by atoms with Crippen LogP contribution >= 0.6 is 34.7 Å². The molecule has 1 aromatic carbocycles. The molecule has 0 amide bonds. The molecule has 0 saturated heterocycles. The molecule has 0 unspecified atom stereocenters. The quantitative estimate of drug-likeness (QED) is 0.503. The van der Waals surface area contributed by atoms with Gasteiger partial charge in [0.15, 0.2) is 0 Å². The molecule has 3 aromatic heterocycles. The Bertz CT molecular complexity index is 1040. The van der Waals surface area contributed by atoms with E-state index in [0.717, 1.165) is 15.0 Å². The Kier molecular flexibility index (Phi) is 4.15. The van der Waals surface area contributed by atoms with Gasteiger partial charge < -0.3 is 15.9 Å². The molecule has 4 N–H and O–H groups in total. The third-order valence-electron chi connectivity index (χ3n) is 3.18. The molecular formula is C14H10ClN7OS2. The second-order valence-electron chi connectivity index (χ2n) is 4.87. The number of anilines is 2. The third-order valence-corrected chi connectivity index (χ3v) is 5.65. The van der Waals surface area contributed by atoms with Crippen molar-refractivity contribution < 1.29 is 4.42 Å². The second kappa shape index (κ2) is 6.47. The Morgan fingerprint density at radius 2 is 1.84 bits per heavy atom. The van der Waals surface area contributed by atoms with Crippen LogP contribution in [-0.2, 0) is 5.75 Å². The Hall–Kier alpha value is -2.43. The van der Waals surface area contributed by atoms with Gasteiger partial charge in [-0.2, -0.15) is 15.0 Å². The van der Waals surface area contributed by atoms with E-state index in [0.29, 0.717) is 27.7 Å². The van der Waals surface area contributed by atoms with Gasteiger partial charge in [0.25, 0.3) is 11.1 Å². The van der Waals surface area contributed by atoms with E-state index >= 15 is 0 Å². The summed E-state index contributed by atoms with van der Waals surface area (Å²) in [6, 6.07) is 7.85. The smallest absolute Gasteiger partial charge is 0.277 e. The van der Waals surface area contributed by atoms with Crippen LogP contribution in [0.2, 0.25) is 5.02 Å². The Morgan fingerprint density at radius 3 is 2.60 bits per heavy atom.